The van der Waals surface area contributed by atoms with E-state index in [0.717, 1.165) is 32.5 Å². The minimum Gasteiger partial charge on any atom is -1.00 e. The van der Waals surface area contributed by atoms with E-state index in [0.29, 0.717) is 0 Å². The highest BCUT2D eigenvalue weighted by Crippen LogP contribution is 2.35. The lowest BCUT2D eigenvalue weighted by molar-refractivity contribution is -0.905. The molecule has 1 atom stereocenters. The Morgan fingerprint density at radius 2 is 1.68 bits per heavy atom. The van der Waals surface area contributed by atoms with Gasteiger partial charge in [0.2, 0.25) is 0 Å². The lowest BCUT2D eigenvalue weighted by atomic mass is 9.95. The van der Waals surface area contributed by atoms with Crippen LogP contribution in [0.25, 0.3) is 5.57 Å². The summed E-state index contributed by atoms with van der Waals surface area (Å²) in [4.78, 5) is 4.32. The molecule has 2 aromatic heterocycles. The molecule has 22 heavy (non-hydrogen) atoms. The molecule has 0 saturated carbocycles. The quantitative estimate of drug-likeness (QED) is 0.771. The Morgan fingerprint density at radius 1 is 1.14 bits per heavy atom. The molecule has 0 radical (unpaired) electrons. The number of halogens is 1. The Hall–Kier alpha value is -0.650. The van der Waals surface area contributed by atoms with Crippen molar-refractivity contribution in [2.24, 2.45) is 0 Å². The summed E-state index contributed by atoms with van der Waals surface area (Å²) in [5, 5.41) is 13.9. The van der Waals surface area contributed by atoms with E-state index in [9.17, 15) is 5.11 Å². The zero-order valence-electron chi connectivity index (χ0n) is 12.7. The lowest BCUT2D eigenvalue weighted by Crippen LogP contribution is -3.13. The Morgan fingerprint density at radius 3 is 2.09 bits per heavy atom. The van der Waals surface area contributed by atoms with Gasteiger partial charge < -0.3 is 22.4 Å². The van der Waals surface area contributed by atoms with Crippen LogP contribution in [0, 0.1) is 0 Å². The Balaban J connectivity index is 0.00000176. The van der Waals surface area contributed by atoms with E-state index in [1.807, 2.05) is 29.6 Å². The van der Waals surface area contributed by atoms with E-state index in [4.69, 9.17) is 0 Å². The largest absolute Gasteiger partial charge is 1.00 e. The molecule has 120 valence electrons. The number of aliphatic hydroxyl groups excluding tert-OH is 1. The highest BCUT2D eigenvalue weighted by molar-refractivity contribution is 7.13. The summed E-state index contributed by atoms with van der Waals surface area (Å²) in [6, 6.07) is 8.76. The van der Waals surface area contributed by atoms with Crippen molar-refractivity contribution in [3.63, 3.8) is 0 Å². The predicted octanol–water partition coefficient (Wildman–Crippen LogP) is -0.325. The summed E-state index contributed by atoms with van der Waals surface area (Å²) < 4.78 is 0. The summed E-state index contributed by atoms with van der Waals surface area (Å²) in [7, 11) is 0. The van der Waals surface area contributed by atoms with Gasteiger partial charge in [0.15, 0.2) is 0 Å². The van der Waals surface area contributed by atoms with Gasteiger partial charge in [-0.05, 0) is 35.4 Å². The molecule has 2 aromatic rings. The number of nitrogens with one attached hydrogen (secondary N) is 1. The summed E-state index contributed by atoms with van der Waals surface area (Å²) >= 11 is 3.67. The zero-order chi connectivity index (χ0) is 14.7. The third kappa shape index (κ3) is 4.21. The second-order valence-electron chi connectivity index (χ2n) is 5.74. The van der Waals surface area contributed by atoms with Crippen LogP contribution in [-0.4, -0.2) is 30.8 Å². The molecule has 3 rings (SSSR count). The van der Waals surface area contributed by atoms with Crippen molar-refractivity contribution in [2.75, 3.05) is 19.6 Å². The Labute approximate surface area is 146 Å². The van der Waals surface area contributed by atoms with E-state index in [1.54, 1.807) is 5.57 Å². The molecule has 1 unspecified atom stereocenters. The number of thiophene rings is 2. The van der Waals surface area contributed by atoms with E-state index < -0.39 is 0 Å². The van der Waals surface area contributed by atoms with E-state index in [2.05, 4.69) is 35.0 Å². The van der Waals surface area contributed by atoms with Crippen molar-refractivity contribution < 1.29 is 22.4 Å². The van der Waals surface area contributed by atoms with Gasteiger partial charge >= 0.3 is 0 Å². The molecule has 1 fully saturated rings. The maximum Gasteiger partial charge on any atom is 0.103 e. The Kier molecular flexibility index (Phi) is 6.66. The van der Waals surface area contributed by atoms with Gasteiger partial charge in [-0.25, -0.2) is 0 Å². The number of likely N-dealkylation sites (tertiary alicyclic amines) is 1. The molecule has 2 N–H and O–H groups in total. The molecule has 1 aliphatic heterocycles. The SMILES string of the molecule is CC(O)C[NH+]1CCC(=C(c2cccs2)c2cccs2)CC1.[Cl-]. The van der Waals surface area contributed by atoms with Crippen LogP contribution in [0.4, 0.5) is 0 Å². The van der Waals surface area contributed by atoms with Crippen molar-refractivity contribution in [3.8, 4) is 0 Å². The van der Waals surface area contributed by atoms with Crippen molar-refractivity contribution in [2.45, 2.75) is 25.9 Å². The van der Waals surface area contributed by atoms with Gasteiger partial charge in [-0.2, -0.15) is 0 Å². The van der Waals surface area contributed by atoms with Gasteiger partial charge in [0.1, 0.15) is 12.6 Å². The van der Waals surface area contributed by atoms with Crippen LogP contribution in [-0.2, 0) is 0 Å². The van der Waals surface area contributed by atoms with Crippen LogP contribution in [0.1, 0.15) is 29.5 Å². The second-order valence-corrected chi connectivity index (χ2v) is 7.63. The van der Waals surface area contributed by atoms with Gasteiger partial charge in [-0.3, -0.25) is 0 Å². The molecule has 0 aromatic carbocycles. The average Bonchev–Trinajstić information content (AvgIpc) is 3.14. The van der Waals surface area contributed by atoms with Crippen LogP contribution < -0.4 is 17.3 Å². The average molecular weight is 356 g/mol. The van der Waals surface area contributed by atoms with E-state index in [-0.39, 0.29) is 18.5 Å². The van der Waals surface area contributed by atoms with Crippen molar-refractivity contribution in [1.82, 2.24) is 0 Å². The standard InChI is InChI=1S/C17H21NOS2.ClH/c1-13(19)12-18-8-6-14(7-9-18)17(15-4-2-10-20-15)16-5-3-11-21-16;/h2-5,10-11,13,19H,6-9,12H2,1H3;1H. The molecule has 0 bridgehead atoms. The third-order valence-electron chi connectivity index (χ3n) is 4.03. The molecule has 3 heterocycles. The predicted molar refractivity (Wildman–Crippen MR) is 91.1 cm³/mol. The van der Waals surface area contributed by atoms with Gasteiger partial charge in [0, 0.05) is 28.2 Å². The van der Waals surface area contributed by atoms with Crippen LogP contribution in [0.15, 0.2) is 40.6 Å². The normalized spacial score (nSPS) is 19.5. The first-order chi connectivity index (χ1) is 10.2. The van der Waals surface area contributed by atoms with Crippen LogP contribution in [0.2, 0.25) is 0 Å². The number of aliphatic hydroxyl groups is 1. The molecule has 5 heteroatoms. The van der Waals surface area contributed by atoms with Crippen LogP contribution >= 0.6 is 22.7 Å². The van der Waals surface area contributed by atoms with E-state index in [1.165, 1.54) is 20.2 Å². The molecule has 0 aliphatic carbocycles. The molecular weight excluding hydrogens is 334 g/mol. The second kappa shape index (κ2) is 8.27. The van der Waals surface area contributed by atoms with Crippen molar-refractivity contribution in [1.29, 1.82) is 0 Å². The van der Waals surface area contributed by atoms with Gasteiger partial charge in [0.05, 0.1) is 13.1 Å². The monoisotopic (exact) mass is 355 g/mol. The summed E-state index contributed by atoms with van der Waals surface area (Å²) in [6.45, 7) is 5.04. The summed E-state index contributed by atoms with van der Waals surface area (Å²) in [6.07, 6.45) is 2.10. The fourth-order valence-electron chi connectivity index (χ4n) is 3.09. The first-order valence-corrected chi connectivity index (χ1v) is 9.31. The minimum absolute atomic E-state index is 0. The lowest BCUT2D eigenvalue weighted by Gasteiger charge is -2.27. The highest BCUT2D eigenvalue weighted by Gasteiger charge is 2.22. The fraction of sp³-hybridized carbons (Fsp3) is 0.412. The van der Waals surface area contributed by atoms with Gasteiger partial charge in [-0.1, -0.05) is 12.1 Å². The maximum atomic E-state index is 9.55. The number of piperidine rings is 1. The highest BCUT2D eigenvalue weighted by atomic mass is 35.5. The fourth-order valence-corrected chi connectivity index (χ4v) is 4.82. The van der Waals surface area contributed by atoms with Gasteiger partial charge in [0.25, 0.3) is 0 Å². The van der Waals surface area contributed by atoms with Crippen LogP contribution in [0.5, 0.6) is 0 Å². The molecular formula is C17H22ClNOS2. The summed E-state index contributed by atoms with van der Waals surface area (Å²) in [5.74, 6) is 0. The molecule has 2 nitrogen and oxygen atoms in total. The third-order valence-corrected chi connectivity index (χ3v) is 5.81. The molecule has 0 amide bonds. The van der Waals surface area contributed by atoms with Crippen molar-refractivity contribution >= 4 is 28.2 Å². The first-order valence-electron chi connectivity index (χ1n) is 7.55. The molecule has 1 saturated heterocycles. The van der Waals surface area contributed by atoms with Crippen LogP contribution in [0.3, 0.4) is 0 Å². The minimum atomic E-state index is -0.195. The first kappa shape index (κ1) is 17.7. The van der Waals surface area contributed by atoms with Crippen molar-refractivity contribution in [3.05, 3.63) is 50.4 Å². The maximum absolute atomic E-state index is 9.55. The number of rotatable bonds is 4. The number of quaternary nitrogens is 1. The molecule has 0 spiro atoms. The zero-order valence-corrected chi connectivity index (χ0v) is 15.1. The topological polar surface area (TPSA) is 24.7 Å². The number of hydrogen-bond donors (Lipinski definition) is 2. The summed E-state index contributed by atoms with van der Waals surface area (Å²) in [5.41, 5.74) is 3.06. The van der Waals surface area contributed by atoms with Gasteiger partial charge in [-0.15, -0.1) is 22.7 Å². The smallest absolute Gasteiger partial charge is 0.103 e. The Bertz CT molecular complexity index is 544. The van der Waals surface area contributed by atoms with E-state index >= 15 is 0 Å². The number of hydrogen-bond acceptors (Lipinski definition) is 3. The molecule has 1 aliphatic rings.